The number of nitrogens with zero attached hydrogens (tertiary/aromatic N) is 3. The minimum absolute atomic E-state index is 0.216. The molecule has 6 nitrogen and oxygen atoms in total. The van der Waals surface area contributed by atoms with Crippen LogP contribution in [0, 0.1) is 0 Å². The van der Waals surface area contributed by atoms with Crippen LogP contribution in [0.3, 0.4) is 0 Å². The summed E-state index contributed by atoms with van der Waals surface area (Å²) in [5.74, 6) is -0.377. The minimum atomic E-state index is -0.961. The molecule has 1 N–H and O–H groups in total. The molecule has 0 fully saturated rings. The highest BCUT2D eigenvalue weighted by Crippen LogP contribution is 2.24. The Morgan fingerprint density at radius 1 is 0.969 bits per heavy atom. The standard InChI is InChI=1S/C26H23N3O3/c1-2-3-13-24-27-29(21-9-5-4-6-10-21)26(32)28(24)18-19-14-16-20(17-15-19)22-11-7-8-12-23(22)25(30)31/h3-17H,2,18H2,1H3,(H,30,31). The highest BCUT2D eigenvalue weighted by molar-refractivity contribution is 5.95. The van der Waals surface area contributed by atoms with E-state index in [9.17, 15) is 14.7 Å². The van der Waals surface area contributed by atoms with Gasteiger partial charge in [0.25, 0.3) is 0 Å². The van der Waals surface area contributed by atoms with E-state index >= 15 is 0 Å². The fourth-order valence-electron chi connectivity index (χ4n) is 3.54. The molecule has 0 radical (unpaired) electrons. The number of para-hydroxylation sites is 1. The Morgan fingerprint density at radius 2 is 1.66 bits per heavy atom. The smallest absolute Gasteiger partial charge is 0.351 e. The predicted molar refractivity (Wildman–Crippen MR) is 125 cm³/mol. The molecule has 0 spiro atoms. The third-order valence-corrected chi connectivity index (χ3v) is 5.16. The van der Waals surface area contributed by atoms with E-state index in [0.717, 1.165) is 17.5 Å². The van der Waals surface area contributed by atoms with E-state index in [1.165, 1.54) is 4.68 Å². The lowest BCUT2D eigenvalue weighted by molar-refractivity contribution is 0.0697. The van der Waals surface area contributed by atoms with Crippen LogP contribution in [0.1, 0.15) is 35.1 Å². The molecule has 1 aromatic heterocycles. The highest BCUT2D eigenvalue weighted by atomic mass is 16.4. The maximum Gasteiger partial charge on any atom is 0.351 e. The fraction of sp³-hybridized carbons (Fsp3) is 0.115. The lowest BCUT2D eigenvalue weighted by Gasteiger charge is -2.08. The molecule has 6 heteroatoms. The van der Waals surface area contributed by atoms with Crippen LogP contribution < -0.4 is 5.69 Å². The zero-order chi connectivity index (χ0) is 22.5. The summed E-state index contributed by atoms with van der Waals surface area (Å²) in [4.78, 5) is 24.7. The first-order valence-electron chi connectivity index (χ1n) is 10.4. The van der Waals surface area contributed by atoms with Gasteiger partial charge in [-0.3, -0.25) is 4.57 Å². The van der Waals surface area contributed by atoms with Crippen molar-refractivity contribution in [2.75, 3.05) is 0 Å². The second kappa shape index (κ2) is 9.31. The van der Waals surface area contributed by atoms with Gasteiger partial charge in [0.1, 0.15) is 0 Å². The summed E-state index contributed by atoms with van der Waals surface area (Å²) < 4.78 is 3.05. The first kappa shape index (κ1) is 21.1. The summed E-state index contributed by atoms with van der Waals surface area (Å²) >= 11 is 0. The lowest BCUT2D eigenvalue weighted by atomic mass is 9.99. The van der Waals surface area contributed by atoms with Crippen LogP contribution in [-0.2, 0) is 6.54 Å². The van der Waals surface area contributed by atoms with Crippen LogP contribution in [0.2, 0.25) is 0 Å². The van der Waals surface area contributed by atoms with Crippen LogP contribution in [0.5, 0.6) is 0 Å². The lowest BCUT2D eigenvalue weighted by Crippen LogP contribution is -2.24. The van der Waals surface area contributed by atoms with E-state index < -0.39 is 5.97 Å². The van der Waals surface area contributed by atoms with Crippen molar-refractivity contribution in [1.82, 2.24) is 14.3 Å². The van der Waals surface area contributed by atoms with E-state index in [1.807, 2.05) is 79.7 Å². The first-order chi connectivity index (χ1) is 15.6. The summed E-state index contributed by atoms with van der Waals surface area (Å²) in [7, 11) is 0. The second-order valence-electron chi connectivity index (χ2n) is 7.33. The molecule has 0 aliphatic rings. The van der Waals surface area contributed by atoms with Crippen molar-refractivity contribution in [2.24, 2.45) is 0 Å². The maximum absolute atomic E-state index is 13.1. The number of rotatable bonds is 7. The molecule has 0 unspecified atom stereocenters. The molecule has 3 aromatic carbocycles. The number of carboxylic acid groups (broad SMARTS) is 1. The summed E-state index contributed by atoms with van der Waals surface area (Å²) in [6, 6.07) is 23.8. The summed E-state index contributed by atoms with van der Waals surface area (Å²) in [6.07, 6.45) is 4.67. The van der Waals surface area contributed by atoms with Gasteiger partial charge in [0, 0.05) is 0 Å². The van der Waals surface area contributed by atoms with Gasteiger partial charge >= 0.3 is 11.7 Å². The summed E-state index contributed by atoms with van der Waals surface area (Å²) in [5.41, 5.74) is 3.14. The number of hydrogen-bond donors (Lipinski definition) is 1. The van der Waals surface area contributed by atoms with Gasteiger partial charge in [0.05, 0.1) is 17.8 Å². The Kier molecular flexibility index (Phi) is 6.12. The van der Waals surface area contributed by atoms with Crippen molar-refractivity contribution >= 4 is 12.0 Å². The molecule has 4 aromatic rings. The van der Waals surface area contributed by atoms with Gasteiger partial charge < -0.3 is 5.11 Å². The number of hydrogen-bond acceptors (Lipinski definition) is 3. The molecule has 0 atom stereocenters. The molecule has 32 heavy (non-hydrogen) atoms. The topological polar surface area (TPSA) is 77.1 Å². The Hall–Kier alpha value is -4.19. The molecule has 0 aliphatic heterocycles. The number of aromatic nitrogens is 3. The number of aromatic carboxylic acids is 1. The van der Waals surface area contributed by atoms with Gasteiger partial charge in [0.2, 0.25) is 0 Å². The highest BCUT2D eigenvalue weighted by Gasteiger charge is 2.14. The van der Waals surface area contributed by atoms with Gasteiger partial charge in [0.15, 0.2) is 5.82 Å². The Labute approximate surface area is 185 Å². The van der Waals surface area contributed by atoms with Gasteiger partial charge in [-0.05, 0) is 47.4 Å². The molecule has 0 saturated heterocycles. The zero-order valence-corrected chi connectivity index (χ0v) is 17.7. The van der Waals surface area contributed by atoms with E-state index in [4.69, 9.17) is 0 Å². The van der Waals surface area contributed by atoms with Crippen LogP contribution in [0.25, 0.3) is 22.9 Å². The normalized spacial score (nSPS) is 11.2. The molecule has 0 amide bonds. The zero-order valence-electron chi connectivity index (χ0n) is 17.7. The van der Waals surface area contributed by atoms with E-state index in [0.29, 0.717) is 23.6 Å². The summed E-state index contributed by atoms with van der Waals surface area (Å²) in [6.45, 7) is 2.39. The minimum Gasteiger partial charge on any atom is -0.478 e. The van der Waals surface area contributed by atoms with E-state index in [-0.39, 0.29) is 11.3 Å². The van der Waals surface area contributed by atoms with Crippen molar-refractivity contribution in [2.45, 2.75) is 19.9 Å². The van der Waals surface area contributed by atoms with Crippen molar-refractivity contribution in [3.8, 4) is 16.8 Å². The maximum atomic E-state index is 13.1. The van der Waals surface area contributed by atoms with Crippen molar-refractivity contribution in [3.05, 3.63) is 112 Å². The summed E-state index contributed by atoms with van der Waals surface area (Å²) in [5, 5.41) is 14.0. The molecule has 1 heterocycles. The van der Waals surface area contributed by atoms with E-state index in [1.54, 1.807) is 22.8 Å². The van der Waals surface area contributed by atoms with Crippen LogP contribution in [0.15, 0.2) is 89.7 Å². The monoisotopic (exact) mass is 425 g/mol. The third kappa shape index (κ3) is 4.30. The largest absolute Gasteiger partial charge is 0.478 e. The second-order valence-corrected chi connectivity index (χ2v) is 7.33. The molecule has 0 bridgehead atoms. The first-order valence-corrected chi connectivity index (χ1v) is 10.4. The van der Waals surface area contributed by atoms with E-state index in [2.05, 4.69) is 5.10 Å². The van der Waals surface area contributed by atoms with Crippen LogP contribution in [-0.4, -0.2) is 25.4 Å². The Bertz CT molecular complexity index is 1320. The average Bonchev–Trinajstić information content (AvgIpc) is 3.14. The number of benzene rings is 3. The van der Waals surface area contributed by atoms with Crippen molar-refractivity contribution in [1.29, 1.82) is 0 Å². The van der Waals surface area contributed by atoms with Crippen LogP contribution >= 0.6 is 0 Å². The van der Waals surface area contributed by atoms with Crippen molar-refractivity contribution < 1.29 is 9.90 Å². The molecule has 0 saturated carbocycles. The Balaban J connectivity index is 1.69. The molecule has 160 valence electrons. The number of carbonyl (C=O) groups is 1. The average molecular weight is 425 g/mol. The molecular weight excluding hydrogens is 402 g/mol. The predicted octanol–water partition coefficient (Wildman–Crippen LogP) is 4.87. The number of carboxylic acids is 1. The molecule has 4 rings (SSSR count). The fourth-order valence-corrected chi connectivity index (χ4v) is 3.54. The van der Waals surface area contributed by atoms with Gasteiger partial charge in [-0.1, -0.05) is 73.7 Å². The van der Waals surface area contributed by atoms with Crippen molar-refractivity contribution in [3.63, 3.8) is 0 Å². The number of allylic oxidation sites excluding steroid dienone is 1. The van der Waals surface area contributed by atoms with Gasteiger partial charge in [-0.2, -0.15) is 4.68 Å². The quantitative estimate of drug-likeness (QED) is 0.458. The van der Waals surface area contributed by atoms with Crippen LogP contribution in [0.4, 0.5) is 0 Å². The molecular formula is C26H23N3O3. The third-order valence-electron chi connectivity index (χ3n) is 5.16. The molecule has 0 aliphatic carbocycles. The Morgan fingerprint density at radius 3 is 2.34 bits per heavy atom. The van der Waals surface area contributed by atoms with Gasteiger partial charge in [-0.15, -0.1) is 5.10 Å². The SMILES string of the molecule is CCC=Cc1nn(-c2ccccc2)c(=O)n1Cc1ccc(-c2ccccc2C(=O)O)cc1. The van der Waals surface area contributed by atoms with Gasteiger partial charge in [-0.25, -0.2) is 9.59 Å².